The number of hydrogen-bond donors (Lipinski definition) is 0. The Kier molecular flexibility index (Phi) is 4.49. The predicted octanol–water partition coefficient (Wildman–Crippen LogP) is 2.64. The van der Waals surface area contributed by atoms with E-state index in [2.05, 4.69) is 25.9 Å². The predicted molar refractivity (Wildman–Crippen MR) is 96.8 cm³/mol. The van der Waals surface area contributed by atoms with Crippen LogP contribution in [0.1, 0.15) is 24.8 Å². The van der Waals surface area contributed by atoms with E-state index in [1.54, 1.807) is 11.3 Å². The van der Waals surface area contributed by atoms with Gasteiger partial charge in [0.25, 0.3) is 0 Å². The van der Waals surface area contributed by atoms with Crippen LogP contribution in [0.25, 0.3) is 10.7 Å². The third-order valence-electron chi connectivity index (χ3n) is 4.98. The van der Waals surface area contributed by atoms with E-state index in [-0.39, 0.29) is 5.92 Å². The molecule has 7 heteroatoms. The summed E-state index contributed by atoms with van der Waals surface area (Å²) in [6.45, 7) is 4.18. The molecule has 5 nitrogen and oxygen atoms in total. The van der Waals surface area contributed by atoms with Crippen molar-refractivity contribution >= 4 is 21.2 Å². The van der Waals surface area contributed by atoms with Gasteiger partial charge in [-0.05, 0) is 55.3 Å². The molecule has 1 atom stereocenters. The van der Waals surface area contributed by atoms with E-state index in [0.717, 1.165) is 25.3 Å². The molecule has 4 rings (SSSR count). The van der Waals surface area contributed by atoms with Crippen molar-refractivity contribution in [2.75, 3.05) is 24.6 Å². The number of nitrogens with zero attached hydrogens (tertiary/aromatic N) is 3. The van der Waals surface area contributed by atoms with Crippen molar-refractivity contribution in [1.29, 1.82) is 0 Å². The maximum atomic E-state index is 11.7. The van der Waals surface area contributed by atoms with Crippen LogP contribution in [0.15, 0.2) is 23.8 Å². The SMILES string of the molecule is O=S1(=O)CC[C@@H](Cn2ccnc2-c2cc(CN3CCCC3)cs2)C1. The highest BCUT2D eigenvalue weighted by molar-refractivity contribution is 7.91. The number of imidazole rings is 1. The van der Waals surface area contributed by atoms with E-state index in [0.29, 0.717) is 11.5 Å². The molecule has 0 unspecified atom stereocenters. The van der Waals surface area contributed by atoms with Crippen LogP contribution in [-0.2, 0) is 22.9 Å². The van der Waals surface area contributed by atoms with Gasteiger partial charge in [0.2, 0.25) is 0 Å². The molecule has 2 aromatic rings. The van der Waals surface area contributed by atoms with Crippen molar-refractivity contribution < 1.29 is 8.42 Å². The van der Waals surface area contributed by atoms with Crippen LogP contribution in [-0.4, -0.2) is 47.5 Å². The first-order valence-electron chi connectivity index (χ1n) is 8.61. The lowest BCUT2D eigenvalue weighted by molar-refractivity contribution is 0.332. The number of aromatic nitrogens is 2. The van der Waals surface area contributed by atoms with E-state index in [1.807, 2.05) is 12.4 Å². The highest BCUT2D eigenvalue weighted by Gasteiger charge is 2.28. The minimum absolute atomic E-state index is 0.215. The van der Waals surface area contributed by atoms with Gasteiger partial charge in [-0.15, -0.1) is 11.3 Å². The summed E-state index contributed by atoms with van der Waals surface area (Å²) in [6, 6.07) is 2.24. The Labute approximate surface area is 147 Å². The summed E-state index contributed by atoms with van der Waals surface area (Å²) < 4.78 is 25.5. The average molecular weight is 366 g/mol. The summed E-state index contributed by atoms with van der Waals surface area (Å²) in [7, 11) is -2.82. The number of sulfone groups is 1. The minimum atomic E-state index is -2.82. The van der Waals surface area contributed by atoms with Gasteiger partial charge in [-0.2, -0.15) is 0 Å². The summed E-state index contributed by atoms with van der Waals surface area (Å²) in [5.74, 6) is 1.83. The van der Waals surface area contributed by atoms with Crippen LogP contribution < -0.4 is 0 Å². The van der Waals surface area contributed by atoms with Crippen molar-refractivity contribution in [2.45, 2.75) is 32.4 Å². The molecule has 0 saturated carbocycles. The second-order valence-electron chi connectivity index (χ2n) is 6.97. The maximum absolute atomic E-state index is 11.7. The molecule has 2 aromatic heterocycles. The smallest absolute Gasteiger partial charge is 0.150 e. The van der Waals surface area contributed by atoms with Gasteiger partial charge in [0.15, 0.2) is 9.84 Å². The summed E-state index contributed by atoms with van der Waals surface area (Å²) >= 11 is 1.73. The Balaban J connectivity index is 1.47. The quantitative estimate of drug-likeness (QED) is 0.817. The fourth-order valence-corrected chi connectivity index (χ4v) is 6.52. The van der Waals surface area contributed by atoms with E-state index in [4.69, 9.17) is 0 Å². The van der Waals surface area contributed by atoms with Crippen molar-refractivity contribution in [2.24, 2.45) is 5.92 Å². The minimum Gasteiger partial charge on any atom is -0.330 e. The molecular weight excluding hydrogens is 342 g/mol. The monoisotopic (exact) mass is 365 g/mol. The Morgan fingerprint density at radius 3 is 2.88 bits per heavy atom. The highest BCUT2D eigenvalue weighted by Crippen LogP contribution is 2.29. The molecule has 0 radical (unpaired) electrons. The zero-order valence-corrected chi connectivity index (χ0v) is 15.4. The van der Waals surface area contributed by atoms with E-state index >= 15 is 0 Å². The zero-order chi connectivity index (χ0) is 16.6. The molecule has 130 valence electrons. The lowest BCUT2D eigenvalue weighted by Gasteiger charge is -2.13. The first kappa shape index (κ1) is 16.3. The highest BCUT2D eigenvalue weighted by atomic mass is 32.2. The zero-order valence-electron chi connectivity index (χ0n) is 13.7. The normalized spacial score (nSPS) is 23.9. The van der Waals surface area contributed by atoms with Crippen LogP contribution in [0, 0.1) is 5.92 Å². The standard InChI is InChI=1S/C17H23N3O2S2/c21-24(22)8-3-14(13-24)11-20-7-4-18-17(20)16-9-15(12-23-16)10-19-5-1-2-6-19/h4,7,9,12,14H,1-3,5-6,8,10-11,13H2/t14-/m0/s1. The summed E-state index contributed by atoms with van der Waals surface area (Å²) in [5.41, 5.74) is 1.36. The largest absolute Gasteiger partial charge is 0.330 e. The van der Waals surface area contributed by atoms with Crippen molar-refractivity contribution in [1.82, 2.24) is 14.5 Å². The third-order valence-corrected chi connectivity index (χ3v) is 7.79. The number of likely N-dealkylation sites (tertiary alicyclic amines) is 1. The molecule has 0 N–H and O–H groups in total. The van der Waals surface area contributed by atoms with Crippen molar-refractivity contribution in [3.05, 3.63) is 29.4 Å². The van der Waals surface area contributed by atoms with Crippen molar-refractivity contribution in [3.63, 3.8) is 0 Å². The van der Waals surface area contributed by atoms with Crippen LogP contribution in [0.5, 0.6) is 0 Å². The molecule has 24 heavy (non-hydrogen) atoms. The first-order chi connectivity index (χ1) is 11.6. The van der Waals surface area contributed by atoms with Gasteiger partial charge in [0.1, 0.15) is 5.82 Å². The van der Waals surface area contributed by atoms with Crippen LogP contribution >= 0.6 is 11.3 Å². The van der Waals surface area contributed by atoms with Crippen LogP contribution in [0.3, 0.4) is 0 Å². The molecule has 2 aliphatic heterocycles. The fourth-order valence-electron chi connectivity index (χ4n) is 3.75. The molecule has 4 heterocycles. The Bertz CT molecular complexity index is 803. The van der Waals surface area contributed by atoms with E-state index in [1.165, 1.54) is 36.4 Å². The van der Waals surface area contributed by atoms with E-state index < -0.39 is 9.84 Å². The fraction of sp³-hybridized carbons (Fsp3) is 0.588. The second kappa shape index (κ2) is 6.61. The molecule has 2 saturated heterocycles. The van der Waals surface area contributed by atoms with Crippen LogP contribution in [0.2, 0.25) is 0 Å². The third kappa shape index (κ3) is 3.58. The molecule has 2 aliphatic rings. The Morgan fingerprint density at radius 1 is 1.29 bits per heavy atom. The summed E-state index contributed by atoms with van der Waals surface area (Å²) in [5, 5.41) is 2.23. The second-order valence-corrected chi connectivity index (χ2v) is 10.1. The Morgan fingerprint density at radius 2 is 2.12 bits per heavy atom. The summed E-state index contributed by atoms with van der Waals surface area (Å²) in [6.07, 6.45) is 7.18. The lowest BCUT2D eigenvalue weighted by atomic mass is 10.1. The van der Waals surface area contributed by atoms with Gasteiger partial charge >= 0.3 is 0 Å². The van der Waals surface area contributed by atoms with Gasteiger partial charge in [-0.3, -0.25) is 4.90 Å². The van der Waals surface area contributed by atoms with Crippen LogP contribution in [0.4, 0.5) is 0 Å². The number of hydrogen-bond acceptors (Lipinski definition) is 5. The molecule has 0 aromatic carbocycles. The molecule has 0 aliphatic carbocycles. The molecular formula is C17H23N3O2S2. The molecule has 2 fully saturated rings. The molecule has 0 amide bonds. The summed E-state index contributed by atoms with van der Waals surface area (Å²) in [4.78, 5) is 8.20. The van der Waals surface area contributed by atoms with Gasteiger partial charge in [0.05, 0.1) is 16.4 Å². The maximum Gasteiger partial charge on any atom is 0.150 e. The lowest BCUT2D eigenvalue weighted by Crippen LogP contribution is -2.17. The van der Waals surface area contributed by atoms with E-state index in [9.17, 15) is 8.42 Å². The number of thiophene rings is 1. The topological polar surface area (TPSA) is 55.2 Å². The average Bonchev–Trinajstić information content (AvgIpc) is 3.28. The van der Waals surface area contributed by atoms with Crippen molar-refractivity contribution in [3.8, 4) is 10.7 Å². The number of rotatable bonds is 5. The molecule has 0 bridgehead atoms. The van der Waals surface area contributed by atoms with Gasteiger partial charge in [-0.1, -0.05) is 0 Å². The molecule has 0 spiro atoms. The Hall–Kier alpha value is -1.18. The van der Waals surface area contributed by atoms with Gasteiger partial charge in [-0.25, -0.2) is 13.4 Å². The van der Waals surface area contributed by atoms with Gasteiger partial charge < -0.3 is 4.57 Å². The first-order valence-corrected chi connectivity index (χ1v) is 11.3. The van der Waals surface area contributed by atoms with Gasteiger partial charge in [0, 0.05) is 25.5 Å².